The van der Waals surface area contributed by atoms with Crippen molar-refractivity contribution in [2.45, 2.75) is 0 Å². The van der Waals surface area contributed by atoms with Crippen molar-refractivity contribution in [1.29, 1.82) is 0 Å². The number of rotatable bonds is 5. The van der Waals surface area contributed by atoms with Gasteiger partial charge in [-0.3, -0.25) is 9.59 Å². The SMILES string of the molecule is C=CC(=O)Nc1cccc(-n2cc(-c3ccc4c(c3)OCCNC4=O)c([N+](=O)[O-])n2)c1. The Morgan fingerprint density at radius 3 is 2.90 bits per heavy atom. The van der Waals surface area contributed by atoms with E-state index < -0.39 is 4.92 Å². The molecule has 10 nitrogen and oxygen atoms in total. The highest BCUT2D eigenvalue weighted by molar-refractivity contribution is 5.99. The van der Waals surface area contributed by atoms with Crippen LogP contribution in [-0.2, 0) is 4.79 Å². The Morgan fingerprint density at radius 2 is 2.13 bits per heavy atom. The van der Waals surface area contributed by atoms with E-state index in [1.807, 2.05) is 0 Å². The van der Waals surface area contributed by atoms with Crippen LogP contribution in [0, 0.1) is 10.1 Å². The topological polar surface area (TPSA) is 128 Å². The zero-order valence-electron chi connectivity index (χ0n) is 16.2. The molecule has 0 radical (unpaired) electrons. The van der Waals surface area contributed by atoms with Crippen LogP contribution < -0.4 is 15.4 Å². The number of carbonyl (C=O) groups excluding carboxylic acids is 2. The standard InChI is InChI=1S/C21H17N5O5/c1-2-19(27)23-14-4-3-5-15(11-14)25-12-17(20(24-25)26(29)30)13-6-7-16-18(10-13)31-9-8-22-21(16)28/h2-7,10-12H,1,8-9H2,(H,22,28)(H,23,27). The maximum atomic E-state index is 12.1. The normalized spacial score (nSPS) is 12.7. The first-order chi connectivity index (χ1) is 15.0. The smallest absolute Gasteiger partial charge is 0.398 e. The number of fused-ring (bicyclic) bond motifs is 1. The van der Waals surface area contributed by atoms with Crippen LogP contribution in [0.1, 0.15) is 10.4 Å². The lowest BCUT2D eigenvalue weighted by molar-refractivity contribution is -0.389. The highest BCUT2D eigenvalue weighted by Crippen LogP contribution is 2.34. The second kappa shape index (κ2) is 8.11. The van der Waals surface area contributed by atoms with Gasteiger partial charge in [0.15, 0.2) is 0 Å². The van der Waals surface area contributed by atoms with Crippen LogP contribution in [0.4, 0.5) is 11.5 Å². The Kier molecular flexibility index (Phi) is 5.19. The number of hydrogen-bond acceptors (Lipinski definition) is 6. The third-order valence-electron chi connectivity index (χ3n) is 4.61. The average Bonchev–Trinajstić information content (AvgIpc) is 3.14. The molecule has 0 saturated heterocycles. The second-order valence-corrected chi connectivity index (χ2v) is 6.63. The van der Waals surface area contributed by atoms with Crippen LogP contribution in [0.5, 0.6) is 5.75 Å². The first-order valence-corrected chi connectivity index (χ1v) is 9.29. The molecular weight excluding hydrogens is 402 g/mol. The van der Waals surface area contributed by atoms with E-state index in [9.17, 15) is 19.7 Å². The third-order valence-corrected chi connectivity index (χ3v) is 4.61. The van der Waals surface area contributed by atoms with Crippen molar-refractivity contribution < 1.29 is 19.2 Å². The summed E-state index contributed by atoms with van der Waals surface area (Å²) in [6, 6.07) is 11.5. The van der Waals surface area contributed by atoms with E-state index >= 15 is 0 Å². The number of ether oxygens (including phenoxy) is 1. The zero-order valence-corrected chi connectivity index (χ0v) is 16.2. The fraction of sp³-hybridized carbons (Fsp3) is 0.0952. The van der Waals surface area contributed by atoms with Gasteiger partial charge < -0.3 is 25.5 Å². The molecule has 3 aromatic rings. The van der Waals surface area contributed by atoms with Crippen molar-refractivity contribution in [3.05, 3.63) is 77.0 Å². The van der Waals surface area contributed by atoms with Crippen molar-refractivity contribution in [3.8, 4) is 22.6 Å². The van der Waals surface area contributed by atoms with Gasteiger partial charge in [0.05, 0.1) is 29.1 Å². The van der Waals surface area contributed by atoms with Gasteiger partial charge in [0.2, 0.25) is 5.91 Å². The van der Waals surface area contributed by atoms with Crippen molar-refractivity contribution in [2.75, 3.05) is 18.5 Å². The van der Waals surface area contributed by atoms with E-state index in [0.29, 0.717) is 41.4 Å². The zero-order chi connectivity index (χ0) is 22.0. The highest BCUT2D eigenvalue weighted by Gasteiger charge is 2.25. The lowest BCUT2D eigenvalue weighted by Crippen LogP contribution is -2.24. The van der Waals surface area contributed by atoms with E-state index in [-0.39, 0.29) is 23.2 Å². The number of nitrogens with zero attached hydrogens (tertiary/aromatic N) is 3. The molecule has 0 atom stereocenters. The van der Waals surface area contributed by atoms with E-state index in [1.54, 1.807) is 42.5 Å². The predicted octanol–water partition coefficient (Wildman–Crippen LogP) is 2.69. The first-order valence-electron chi connectivity index (χ1n) is 9.29. The molecule has 0 bridgehead atoms. The van der Waals surface area contributed by atoms with E-state index in [2.05, 4.69) is 22.3 Å². The number of aromatic nitrogens is 2. The Labute approximate surface area is 176 Å². The summed E-state index contributed by atoms with van der Waals surface area (Å²) in [6.07, 6.45) is 2.66. The molecule has 31 heavy (non-hydrogen) atoms. The van der Waals surface area contributed by atoms with E-state index in [4.69, 9.17) is 4.74 Å². The fourth-order valence-corrected chi connectivity index (χ4v) is 3.17. The van der Waals surface area contributed by atoms with Gasteiger partial charge in [-0.25, -0.2) is 0 Å². The summed E-state index contributed by atoms with van der Waals surface area (Å²) in [6.45, 7) is 4.08. The Hall–Kier alpha value is -4.47. The molecule has 0 unspecified atom stereocenters. The molecule has 0 saturated carbocycles. The van der Waals surface area contributed by atoms with Crippen LogP contribution in [0.15, 0.2) is 61.3 Å². The van der Waals surface area contributed by atoms with Gasteiger partial charge in [-0.1, -0.05) is 18.7 Å². The number of carbonyl (C=O) groups is 2. The Balaban J connectivity index is 1.76. The van der Waals surface area contributed by atoms with Crippen molar-refractivity contribution in [1.82, 2.24) is 15.1 Å². The van der Waals surface area contributed by atoms with E-state index in [0.717, 1.165) is 6.08 Å². The van der Waals surface area contributed by atoms with Gasteiger partial charge >= 0.3 is 5.82 Å². The van der Waals surface area contributed by atoms with Crippen molar-refractivity contribution in [2.24, 2.45) is 0 Å². The number of amides is 2. The molecule has 0 spiro atoms. The van der Waals surface area contributed by atoms with Crippen LogP contribution >= 0.6 is 0 Å². The summed E-state index contributed by atoms with van der Waals surface area (Å²) < 4.78 is 6.96. The lowest BCUT2D eigenvalue weighted by atomic mass is 10.0. The van der Waals surface area contributed by atoms with Crippen LogP contribution in [-0.4, -0.2) is 39.7 Å². The molecule has 10 heteroatoms. The molecule has 0 fully saturated rings. The molecular formula is C21H17N5O5. The molecule has 2 aromatic carbocycles. The first kappa shape index (κ1) is 19.8. The van der Waals surface area contributed by atoms with Crippen molar-refractivity contribution in [3.63, 3.8) is 0 Å². The summed E-state index contributed by atoms with van der Waals surface area (Å²) in [4.78, 5) is 34.7. The summed E-state index contributed by atoms with van der Waals surface area (Å²) in [5.41, 5.74) is 2.12. The largest absolute Gasteiger partial charge is 0.491 e. The molecule has 156 valence electrons. The molecule has 2 N–H and O–H groups in total. The molecule has 0 aliphatic carbocycles. The van der Waals surface area contributed by atoms with Gasteiger partial charge in [0.1, 0.15) is 17.9 Å². The molecule has 1 aliphatic heterocycles. The fourth-order valence-electron chi connectivity index (χ4n) is 3.17. The van der Waals surface area contributed by atoms with E-state index in [1.165, 1.54) is 10.9 Å². The van der Waals surface area contributed by atoms with Crippen LogP contribution in [0.3, 0.4) is 0 Å². The number of hydrogen-bond donors (Lipinski definition) is 2. The van der Waals surface area contributed by atoms with Gasteiger partial charge in [0, 0.05) is 5.69 Å². The number of anilines is 1. The monoisotopic (exact) mass is 419 g/mol. The van der Waals surface area contributed by atoms with Crippen molar-refractivity contribution >= 4 is 23.3 Å². The Bertz CT molecular complexity index is 1220. The molecule has 1 aliphatic rings. The third kappa shape index (κ3) is 3.99. The maximum Gasteiger partial charge on any atom is 0.398 e. The number of benzene rings is 2. The molecule has 1 aromatic heterocycles. The molecule has 2 heterocycles. The van der Waals surface area contributed by atoms with Gasteiger partial charge in [-0.2, -0.15) is 0 Å². The Morgan fingerprint density at radius 1 is 1.29 bits per heavy atom. The number of nitro groups is 1. The van der Waals surface area contributed by atoms with Crippen LogP contribution in [0.25, 0.3) is 16.8 Å². The lowest BCUT2D eigenvalue weighted by Gasteiger charge is -2.07. The van der Waals surface area contributed by atoms with Gasteiger partial charge in [-0.05, 0) is 46.9 Å². The van der Waals surface area contributed by atoms with Gasteiger partial charge in [0.25, 0.3) is 5.91 Å². The minimum Gasteiger partial charge on any atom is -0.491 e. The maximum absolute atomic E-state index is 12.1. The number of nitrogens with one attached hydrogen (secondary N) is 2. The average molecular weight is 419 g/mol. The van der Waals surface area contributed by atoms with Crippen LogP contribution in [0.2, 0.25) is 0 Å². The summed E-state index contributed by atoms with van der Waals surface area (Å²) in [5.74, 6) is -0.636. The quantitative estimate of drug-likeness (QED) is 0.372. The highest BCUT2D eigenvalue weighted by atomic mass is 16.6. The summed E-state index contributed by atoms with van der Waals surface area (Å²) >= 11 is 0. The minimum absolute atomic E-state index is 0.261. The van der Waals surface area contributed by atoms with Gasteiger partial charge in [-0.15, -0.1) is 4.68 Å². The predicted molar refractivity (Wildman–Crippen MR) is 112 cm³/mol. The summed E-state index contributed by atoms with van der Waals surface area (Å²) in [7, 11) is 0. The second-order valence-electron chi connectivity index (χ2n) is 6.63. The summed E-state index contributed by atoms with van der Waals surface area (Å²) in [5, 5.41) is 21.1. The molecule has 4 rings (SSSR count). The minimum atomic E-state index is -0.575. The molecule has 2 amide bonds.